The molecule has 0 bridgehead atoms. The number of anilines is 1. The molecule has 2 atom stereocenters. The van der Waals surface area contributed by atoms with Crippen molar-refractivity contribution in [1.82, 2.24) is 4.98 Å². The van der Waals surface area contributed by atoms with Gasteiger partial charge in [0.15, 0.2) is 5.13 Å². The van der Waals surface area contributed by atoms with Crippen molar-refractivity contribution in [3.8, 4) is 11.3 Å². The molecule has 1 heterocycles. The van der Waals surface area contributed by atoms with Crippen molar-refractivity contribution in [2.45, 2.75) is 12.8 Å². The summed E-state index contributed by atoms with van der Waals surface area (Å²) in [7, 11) is 0. The number of carbonyl (C=O) groups excluding carboxylic acids is 1. The summed E-state index contributed by atoms with van der Waals surface area (Å²) in [6.45, 7) is 0. The highest BCUT2D eigenvalue weighted by Crippen LogP contribution is 2.29. The first kappa shape index (κ1) is 16.3. The van der Waals surface area contributed by atoms with Gasteiger partial charge in [-0.1, -0.05) is 12.2 Å². The van der Waals surface area contributed by atoms with Crippen LogP contribution in [0.4, 0.5) is 9.52 Å². The number of rotatable bonds is 4. The van der Waals surface area contributed by atoms with Crippen molar-refractivity contribution < 1.29 is 19.1 Å². The maximum Gasteiger partial charge on any atom is 0.307 e. The number of aliphatic carboxylic acids is 1. The predicted octanol–water partition coefficient (Wildman–Crippen LogP) is 3.55. The van der Waals surface area contributed by atoms with Crippen LogP contribution in [0.3, 0.4) is 0 Å². The Morgan fingerprint density at radius 2 is 1.83 bits per heavy atom. The maximum absolute atomic E-state index is 13.0. The fourth-order valence-electron chi connectivity index (χ4n) is 2.66. The van der Waals surface area contributed by atoms with E-state index in [1.165, 1.54) is 23.5 Å². The molecule has 0 radical (unpaired) electrons. The molecule has 1 aliphatic rings. The van der Waals surface area contributed by atoms with E-state index in [0.717, 1.165) is 5.56 Å². The van der Waals surface area contributed by atoms with Crippen LogP contribution in [0.15, 0.2) is 41.8 Å². The molecule has 0 saturated carbocycles. The van der Waals surface area contributed by atoms with Gasteiger partial charge in [-0.25, -0.2) is 9.37 Å². The van der Waals surface area contributed by atoms with Gasteiger partial charge < -0.3 is 10.4 Å². The zero-order valence-corrected chi connectivity index (χ0v) is 13.4. The van der Waals surface area contributed by atoms with E-state index in [2.05, 4.69) is 10.3 Å². The number of allylic oxidation sites excluding steroid dienone is 2. The van der Waals surface area contributed by atoms with Gasteiger partial charge in [-0.15, -0.1) is 11.3 Å². The fourth-order valence-corrected chi connectivity index (χ4v) is 3.38. The number of halogens is 1. The van der Waals surface area contributed by atoms with E-state index in [1.807, 2.05) is 6.08 Å². The average molecular weight is 346 g/mol. The van der Waals surface area contributed by atoms with Crippen molar-refractivity contribution >= 4 is 28.3 Å². The summed E-state index contributed by atoms with van der Waals surface area (Å²) in [5.74, 6) is -2.96. The minimum atomic E-state index is -0.967. The van der Waals surface area contributed by atoms with E-state index in [-0.39, 0.29) is 11.7 Å². The molecular formula is C17H15FN2O3S. The van der Waals surface area contributed by atoms with Crippen LogP contribution in [-0.4, -0.2) is 22.0 Å². The largest absolute Gasteiger partial charge is 0.481 e. The molecule has 3 rings (SSSR count). The normalized spacial score (nSPS) is 19.9. The lowest BCUT2D eigenvalue weighted by Crippen LogP contribution is -2.34. The zero-order chi connectivity index (χ0) is 17.1. The van der Waals surface area contributed by atoms with Gasteiger partial charge in [0.1, 0.15) is 5.82 Å². The third-order valence-corrected chi connectivity index (χ3v) is 4.72. The molecule has 0 unspecified atom stereocenters. The second-order valence-electron chi connectivity index (χ2n) is 5.53. The Labute approximate surface area is 141 Å². The van der Waals surface area contributed by atoms with Crippen LogP contribution in [0.5, 0.6) is 0 Å². The Kier molecular flexibility index (Phi) is 4.71. The van der Waals surface area contributed by atoms with E-state index >= 15 is 0 Å². The smallest absolute Gasteiger partial charge is 0.307 e. The number of carboxylic acids is 1. The first-order chi connectivity index (χ1) is 11.5. The number of benzene rings is 1. The fraction of sp³-hybridized carbons (Fsp3) is 0.235. The second kappa shape index (κ2) is 6.92. The molecular weight excluding hydrogens is 331 g/mol. The summed E-state index contributed by atoms with van der Waals surface area (Å²) < 4.78 is 13.0. The van der Waals surface area contributed by atoms with Gasteiger partial charge in [0.2, 0.25) is 5.91 Å². The number of amides is 1. The summed E-state index contributed by atoms with van der Waals surface area (Å²) in [5, 5.41) is 14.1. The summed E-state index contributed by atoms with van der Waals surface area (Å²) in [6, 6.07) is 5.92. The third kappa shape index (κ3) is 3.51. The van der Waals surface area contributed by atoms with Crippen molar-refractivity contribution in [2.75, 3.05) is 5.32 Å². The molecule has 5 nitrogen and oxygen atoms in total. The van der Waals surface area contributed by atoms with E-state index in [4.69, 9.17) is 0 Å². The number of aromatic nitrogens is 1. The Morgan fingerprint density at radius 3 is 2.50 bits per heavy atom. The van der Waals surface area contributed by atoms with Gasteiger partial charge in [-0.2, -0.15) is 0 Å². The Bertz CT molecular complexity index is 785. The van der Waals surface area contributed by atoms with Crippen LogP contribution in [-0.2, 0) is 9.59 Å². The Balaban J connectivity index is 1.72. The summed E-state index contributed by atoms with van der Waals surface area (Å²) in [6.07, 6.45) is 4.37. The third-order valence-electron chi connectivity index (χ3n) is 3.96. The first-order valence-corrected chi connectivity index (χ1v) is 8.32. The highest BCUT2D eigenvalue weighted by Gasteiger charge is 2.34. The molecule has 1 aromatic heterocycles. The standard InChI is InChI=1S/C17H15FN2O3S/c18-11-7-5-10(6-8-11)14-9-24-17(19-14)20-15(21)12-3-1-2-4-13(12)16(22)23/h1-2,5-9,12-13H,3-4H2,(H,22,23)(H,19,20,21)/t12-,13+/m1/s1. The van der Waals surface area contributed by atoms with Crippen LogP contribution in [0, 0.1) is 17.7 Å². The van der Waals surface area contributed by atoms with Crippen molar-refractivity contribution in [3.63, 3.8) is 0 Å². The maximum atomic E-state index is 13.0. The lowest BCUT2D eigenvalue weighted by Gasteiger charge is -2.23. The molecule has 0 fully saturated rings. The summed E-state index contributed by atoms with van der Waals surface area (Å²) in [4.78, 5) is 28.0. The first-order valence-electron chi connectivity index (χ1n) is 7.44. The number of nitrogens with one attached hydrogen (secondary N) is 1. The predicted molar refractivity (Wildman–Crippen MR) is 89.1 cm³/mol. The molecule has 24 heavy (non-hydrogen) atoms. The van der Waals surface area contributed by atoms with Gasteiger partial charge in [0.25, 0.3) is 0 Å². The number of nitrogens with zero attached hydrogens (tertiary/aromatic N) is 1. The molecule has 1 amide bonds. The number of carboxylic acid groups (broad SMARTS) is 1. The second-order valence-corrected chi connectivity index (χ2v) is 6.39. The highest BCUT2D eigenvalue weighted by molar-refractivity contribution is 7.14. The van der Waals surface area contributed by atoms with Gasteiger partial charge in [-0.05, 0) is 37.1 Å². The van der Waals surface area contributed by atoms with E-state index < -0.39 is 17.8 Å². The lowest BCUT2D eigenvalue weighted by atomic mass is 9.82. The van der Waals surface area contributed by atoms with E-state index in [1.54, 1.807) is 23.6 Å². The quantitative estimate of drug-likeness (QED) is 0.830. The number of thiazole rings is 1. The van der Waals surface area contributed by atoms with Gasteiger partial charge in [0, 0.05) is 10.9 Å². The number of hydrogen-bond acceptors (Lipinski definition) is 4. The molecule has 0 spiro atoms. The van der Waals surface area contributed by atoms with Crippen LogP contribution < -0.4 is 5.32 Å². The number of carbonyl (C=O) groups is 2. The Morgan fingerprint density at radius 1 is 1.17 bits per heavy atom. The molecule has 2 N–H and O–H groups in total. The topological polar surface area (TPSA) is 79.3 Å². The molecule has 1 aliphatic carbocycles. The minimum Gasteiger partial charge on any atom is -0.481 e. The molecule has 7 heteroatoms. The monoisotopic (exact) mass is 346 g/mol. The van der Waals surface area contributed by atoms with Crippen molar-refractivity contribution in [1.29, 1.82) is 0 Å². The Hall–Kier alpha value is -2.54. The van der Waals surface area contributed by atoms with Crippen LogP contribution in [0.2, 0.25) is 0 Å². The molecule has 0 aliphatic heterocycles. The average Bonchev–Trinajstić information content (AvgIpc) is 3.04. The van der Waals surface area contributed by atoms with Gasteiger partial charge >= 0.3 is 5.97 Å². The van der Waals surface area contributed by atoms with Gasteiger partial charge in [-0.3, -0.25) is 9.59 Å². The van der Waals surface area contributed by atoms with Crippen molar-refractivity contribution in [3.05, 3.63) is 47.6 Å². The number of hydrogen-bond donors (Lipinski definition) is 2. The van der Waals surface area contributed by atoms with Crippen LogP contribution in [0.25, 0.3) is 11.3 Å². The van der Waals surface area contributed by atoms with E-state index in [0.29, 0.717) is 23.7 Å². The van der Waals surface area contributed by atoms with Crippen molar-refractivity contribution in [2.24, 2.45) is 11.8 Å². The zero-order valence-electron chi connectivity index (χ0n) is 12.6. The highest BCUT2D eigenvalue weighted by atomic mass is 32.1. The SMILES string of the molecule is O=C(O)[C@H]1CC=CC[C@H]1C(=O)Nc1nc(-c2ccc(F)cc2)cs1. The summed E-state index contributed by atoms with van der Waals surface area (Å²) in [5.41, 5.74) is 1.38. The molecule has 1 aromatic carbocycles. The minimum absolute atomic E-state index is 0.326. The molecule has 2 aromatic rings. The van der Waals surface area contributed by atoms with E-state index in [9.17, 15) is 19.1 Å². The molecule has 124 valence electrons. The van der Waals surface area contributed by atoms with Crippen LogP contribution in [0.1, 0.15) is 12.8 Å². The van der Waals surface area contributed by atoms with Gasteiger partial charge in [0.05, 0.1) is 17.5 Å². The lowest BCUT2D eigenvalue weighted by molar-refractivity contribution is -0.146. The molecule has 0 saturated heterocycles. The van der Waals surface area contributed by atoms with Crippen LogP contribution >= 0.6 is 11.3 Å². The summed E-state index contributed by atoms with van der Waals surface area (Å²) >= 11 is 1.25.